The van der Waals surface area contributed by atoms with Crippen LogP contribution < -0.4 is 15.9 Å². The summed E-state index contributed by atoms with van der Waals surface area (Å²) in [6, 6.07) is 69.8. The molecule has 0 heterocycles. The fourth-order valence-corrected chi connectivity index (χ4v) is 10.2. The van der Waals surface area contributed by atoms with Gasteiger partial charge >= 0.3 is 0 Å². The Morgan fingerprint density at radius 3 is 1.30 bits per heavy atom. The van der Waals surface area contributed by atoms with Crippen LogP contribution in [0.25, 0.3) is 65.7 Å². The fraction of sp³-hybridized carbons (Fsp3) is 0. The molecule has 50 heavy (non-hydrogen) atoms. The largest absolute Gasteiger partial charge is 0.309 e. The molecule has 9 aromatic rings. The monoisotopic (exact) mass is 656 g/mol. The summed E-state index contributed by atoms with van der Waals surface area (Å²) in [5.74, 6) is 0. The summed E-state index contributed by atoms with van der Waals surface area (Å²) in [4.78, 5) is 0. The normalized spacial score (nSPS) is 11.7. The van der Waals surface area contributed by atoms with Crippen molar-refractivity contribution in [1.29, 1.82) is 0 Å². The van der Waals surface area contributed by atoms with Crippen LogP contribution in [0, 0.1) is 0 Å². The molecule has 0 unspecified atom stereocenters. The van der Waals surface area contributed by atoms with E-state index in [0.29, 0.717) is 0 Å². The lowest BCUT2D eigenvalue weighted by molar-refractivity contribution is 0.592. The van der Waals surface area contributed by atoms with E-state index in [1.807, 2.05) is 72.8 Å². The van der Waals surface area contributed by atoms with Crippen molar-refractivity contribution in [3.8, 4) is 33.4 Å². The van der Waals surface area contributed by atoms with Crippen LogP contribution in [0.1, 0.15) is 0 Å². The van der Waals surface area contributed by atoms with Gasteiger partial charge in [0.15, 0.2) is 7.14 Å². The van der Waals surface area contributed by atoms with Crippen molar-refractivity contribution >= 4 is 55.4 Å². The minimum Gasteiger partial charge on any atom is -0.309 e. The van der Waals surface area contributed by atoms with Gasteiger partial charge in [0.25, 0.3) is 0 Å². The third-order valence-electron chi connectivity index (χ3n) is 9.93. The van der Waals surface area contributed by atoms with Crippen molar-refractivity contribution < 1.29 is 4.57 Å². The summed E-state index contributed by atoms with van der Waals surface area (Å²) < 4.78 is 15.1. The molecular weight excluding hydrogens is 624 g/mol. The van der Waals surface area contributed by atoms with Gasteiger partial charge in [0, 0.05) is 15.9 Å². The highest BCUT2D eigenvalue weighted by Gasteiger charge is 2.29. The van der Waals surface area contributed by atoms with E-state index in [1.165, 1.54) is 54.6 Å². The van der Waals surface area contributed by atoms with Crippen LogP contribution in [0.15, 0.2) is 200 Å². The van der Waals surface area contributed by atoms with E-state index < -0.39 is 7.14 Å². The van der Waals surface area contributed by atoms with Crippen molar-refractivity contribution in [2.75, 3.05) is 0 Å². The molecule has 0 aromatic heterocycles. The molecule has 0 aliphatic heterocycles. The van der Waals surface area contributed by atoms with E-state index >= 15 is 4.57 Å². The molecule has 0 atom stereocenters. The second-order valence-corrected chi connectivity index (χ2v) is 15.6. The molecule has 0 bridgehead atoms. The molecule has 0 saturated heterocycles. The minimum atomic E-state index is -3.08. The van der Waals surface area contributed by atoms with E-state index in [2.05, 4.69) is 127 Å². The van der Waals surface area contributed by atoms with Crippen LogP contribution in [0.5, 0.6) is 0 Å². The van der Waals surface area contributed by atoms with Gasteiger partial charge in [0.2, 0.25) is 0 Å². The van der Waals surface area contributed by atoms with Crippen LogP contribution in [0.4, 0.5) is 0 Å². The van der Waals surface area contributed by atoms with Crippen LogP contribution >= 0.6 is 7.14 Å². The number of rotatable bonds is 6. The van der Waals surface area contributed by atoms with Gasteiger partial charge in [-0.3, -0.25) is 0 Å². The quantitative estimate of drug-likeness (QED) is 0.129. The smallest absolute Gasteiger partial charge is 0.171 e. The maximum atomic E-state index is 15.1. The van der Waals surface area contributed by atoms with Crippen molar-refractivity contribution in [2.45, 2.75) is 0 Å². The van der Waals surface area contributed by atoms with E-state index in [0.717, 1.165) is 27.0 Å². The first kappa shape index (κ1) is 30.1. The van der Waals surface area contributed by atoms with Gasteiger partial charge in [-0.25, -0.2) is 0 Å². The number of hydrogen-bond acceptors (Lipinski definition) is 1. The van der Waals surface area contributed by atoms with Gasteiger partial charge < -0.3 is 4.57 Å². The molecule has 9 rings (SSSR count). The highest BCUT2D eigenvalue weighted by Crippen LogP contribution is 2.45. The molecule has 0 spiro atoms. The molecule has 9 aromatic carbocycles. The number of hydrogen-bond donors (Lipinski definition) is 0. The third-order valence-corrected chi connectivity index (χ3v) is 13.0. The van der Waals surface area contributed by atoms with Crippen LogP contribution in [-0.2, 0) is 4.57 Å². The van der Waals surface area contributed by atoms with Gasteiger partial charge in [-0.05, 0) is 77.8 Å². The zero-order valence-electron chi connectivity index (χ0n) is 27.4. The van der Waals surface area contributed by atoms with Crippen molar-refractivity contribution in [1.82, 2.24) is 0 Å². The van der Waals surface area contributed by atoms with Crippen LogP contribution in [0.3, 0.4) is 0 Å². The Hall–Kier alpha value is -6.01. The van der Waals surface area contributed by atoms with E-state index in [4.69, 9.17) is 0 Å². The predicted octanol–water partition coefficient (Wildman–Crippen LogP) is 11.8. The molecule has 0 saturated carbocycles. The molecule has 1 nitrogen and oxygen atoms in total. The van der Waals surface area contributed by atoms with Gasteiger partial charge in [0.1, 0.15) is 0 Å². The van der Waals surface area contributed by atoms with Crippen molar-refractivity contribution in [3.05, 3.63) is 200 Å². The standard InChI is InChI=1S/C48H33OP/c49-50(40-17-3-1-4-18-40,41-19-5-2-6-20-41)42-21-13-16-38(33-42)35-26-29-36(30-27-35)47-43-22-9-11-24-45(43)48(46-25-12-10-23-44(46)47)39-31-28-34-14-7-8-15-37(34)32-39/h1-33H. The summed E-state index contributed by atoms with van der Waals surface area (Å²) in [7, 11) is -3.08. The topological polar surface area (TPSA) is 17.1 Å². The average Bonchev–Trinajstić information content (AvgIpc) is 3.20. The lowest BCUT2D eigenvalue weighted by atomic mass is 9.85. The zero-order valence-corrected chi connectivity index (χ0v) is 28.3. The summed E-state index contributed by atoms with van der Waals surface area (Å²) in [5.41, 5.74) is 7.02. The lowest BCUT2D eigenvalue weighted by Crippen LogP contribution is -2.25. The molecule has 0 radical (unpaired) electrons. The van der Waals surface area contributed by atoms with Gasteiger partial charge in [-0.2, -0.15) is 0 Å². The summed E-state index contributed by atoms with van der Waals surface area (Å²) in [6.07, 6.45) is 0. The SMILES string of the molecule is O=P(c1ccccc1)(c1ccccc1)c1cccc(-c2ccc(-c3c4ccccc4c(-c4ccc5ccccc5c4)c4ccccc34)cc2)c1. The molecule has 0 fully saturated rings. The van der Waals surface area contributed by atoms with Gasteiger partial charge in [0.05, 0.1) is 0 Å². The van der Waals surface area contributed by atoms with Crippen molar-refractivity contribution in [2.24, 2.45) is 0 Å². The Morgan fingerprint density at radius 2 is 0.720 bits per heavy atom. The Kier molecular flexibility index (Phi) is 7.50. The molecule has 2 heteroatoms. The number of benzene rings is 9. The first-order valence-corrected chi connectivity index (χ1v) is 18.7. The first-order chi connectivity index (χ1) is 24.7. The summed E-state index contributed by atoms with van der Waals surface area (Å²) in [6.45, 7) is 0. The Morgan fingerprint density at radius 1 is 0.280 bits per heavy atom. The maximum Gasteiger partial charge on any atom is 0.171 e. The molecule has 0 amide bonds. The first-order valence-electron chi connectivity index (χ1n) is 17.0. The molecule has 236 valence electrons. The van der Waals surface area contributed by atoms with Crippen molar-refractivity contribution in [3.63, 3.8) is 0 Å². The predicted molar refractivity (Wildman–Crippen MR) is 215 cm³/mol. The zero-order chi connectivity index (χ0) is 33.5. The molecule has 0 N–H and O–H groups in total. The van der Waals surface area contributed by atoms with E-state index in [9.17, 15) is 0 Å². The second-order valence-electron chi connectivity index (χ2n) is 12.8. The second kappa shape index (κ2) is 12.5. The van der Waals surface area contributed by atoms with Gasteiger partial charge in [-0.1, -0.05) is 188 Å². The number of fused-ring (bicyclic) bond motifs is 3. The Bertz CT molecular complexity index is 2610. The van der Waals surface area contributed by atoms with Gasteiger partial charge in [-0.15, -0.1) is 0 Å². The molecule has 0 aliphatic rings. The summed E-state index contributed by atoms with van der Waals surface area (Å²) in [5, 5.41) is 9.94. The molecular formula is C48H33OP. The van der Waals surface area contributed by atoms with Crippen LogP contribution in [0.2, 0.25) is 0 Å². The highest BCUT2D eigenvalue weighted by molar-refractivity contribution is 7.85. The third kappa shape index (κ3) is 5.07. The fourth-order valence-electron chi connectivity index (χ4n) is 7.53. The average molecular weight is 657 g/mol. The summed E-state index contributed by atoms with van der Waals surface area (Å²) >= 11 is 0. The lowest BCUT2D eigenvalue weighted by Gasteiger charge is -2.21. The minimum absolute atomic E-state index is 0.831. The maximum absolute atomic E-state index is 15.1. The van der Waals surface area contributed by atoms with Crippen LogP contribution in [-0.4, -0.2) is 0 Å². The van der Waals surface area contributed by atoms with E-state index in [-0.39, 0.29) is 0 Å². The Labute approximate surface area is 292 Å². The Balaban J connectivity index is 1.17. The highest BCUT2D eigenvalue weighted by atomic mass is 31.2. The molecule has 0 aliphatic carbocycles. The van der Waals surface area contributed by atoms with E-state index in [1.54, 1.807) is 0 Å².